The quantitative estimate of drug-likeness (QED) is 0.0207. The minimum Gasteiger partial charge on any atom is -0.498 e. The molecular weight excluding hydrogens is 697 g/mol. The van der Waals surface area contributed by atoms with Gasteiger partial charge in [0.2, 0.25) is 0 Å². The molecular formula is C45H82NO7P. The van der Waals surface area contributed by atoms with Gasteiger partial charge in [-0.3, -0.25) is 13.8 Å². The number of ether oxygens (including phenoxy) is 2. The normalized spacial score (nSPS) is 14.0. The fraction of sp³-hybridized carbons (Fsp3) is 0.756. The van der Waals surface area contributed by atoms with Gasteiger partial charge in [-0.2, -0.15) is 0 Å². The first-order valence-corrected chi connectivity index (χ1v) is 23.3. The molecule has 0 aromatic carbocycles. The molecule has 0 aliphatic carbocycles. The maximum Gasteiger partial charge on any atom is 0.472 e. The smallest absolute Gasteiger partial charge is 0.472 e. The Morgan fingerprint density at radius 2 is 1.00 bits per heavy atom. The highest BCUT2D eigenvalue weighted by molar-refractivity contribution is 7.47. The summed E-state index contributed by atoms with van der Waals surface area (Å²) in [6.07, 6.45) is 51.9. The fourth-order valence-electron chi connectivity index (χ4n) is 5.77. The molecule has 8 nitrogen and oxygen atoms in total. The first-order chi connectivity index (χ1) is 26.4. The van der Waals surface area contributed by atoms with Crippen LogP contribution in [0.3, 0.4) is 0 Å². The predicted molar refractivity (Wildman–Crippen MR) is 228 cm³/mol. The van der Waals surface area contributed by atoms with Crippen molar-refractivity contribution in [2.24, 2.45) is 5.73 Å². The molecule has 0 aromatic heterocycles. The lowest BCUT2D eigenvalue weighted by atomic mass is 10.0. The summed E-state index contributed by atoms with van der Waals surface area (Å²) < 4.78 is 33.1. The highest BCUT2D eigenvalue weighted by Crippen LogP contribution is 2.43. The zero-order valence-corrected chi connectivity index (χ0v) is 35.6. The number of phosphoric ester groups is 1. The van der Waals surface area contributed by atoms with E-state index in [0.717, 1.165) is 51.4 Å². The van der Waals surface area contributed by atoms with E-state index in [0.29, 0.717) is 6.42 Å². The van der Waals surface area contributed by atoms with Crippen LogP contribution in [0.5, 0.6) is 0 Å². The lowest BCUT2D eigenvalue weighted by molar-refractivity contribution is -0.153. The maximum absolute atomic E-state index is 12.6. The lowest BCUT2D eigenvalue weighted by Crippen LogP contribution is -2.27. The van der Waals surface area contributed by atoms with E-state index in [1.165, 1.54) is 109 Å². The minimum atomic E-state index is -4.30. The minimum absolute atomic E-state index is 0.0178. The van der Waals surface area contributed by atoms with E-state index in [-0.39, 0.29) is 38.8 Å². The van der Waals surface area contributed by atoms with Gasteiger partial charge in [0.05, 0.1) is 19.5 Å². The number of phosphoric acid groups is 1. The first kappa shape index (κ1) is 52.0. The highest BCUT2D eigenvalue weighted by Gasteiger charge is 2.25. The summed E-state index contributed by atoms with van der Waals surface area (Å²) >= 11 is 0. The van der Waals surface area contributed by atoms with Crippen LogP contribution in [0.25, 0.3) is 0 Å². The van der Waals surface area contributed by atoms with Crippen molar-refractivity contribution in [1.29, 1.82) is 0 Å². The third kappa shape index (κ3) is 41.2. The fourth-order valence-corrected chi connectivity index (χ4v) is 6.53. The van der Waals surface area contributed by atoms with Crippen LogP contribution < -0.4 is 5.73 Å². The van der Waals surface area contributed by atoms with Gasteiger partial charge in [-0.15, -0.1) is 0 Å². The molecule has 2 unspecified atom stereocenters. The number of allylic oxidation sites excluding steroid dienone is 9. The summed E-state index contributed by atoms with van der Waals surface area (Å²) in [6, 6.07) is 0. The molecule has 314 valence electrons. The molecule has 0 fully saturated rings. The zero-order valence-electron chi connectivity index (χ0n) is 34.7. The zero-order chi connectivity index (χ0) is 39.5. The van der Waals surface area contributed by atoms with E-state index in [4.69, 9.17) is 24.3 Å². The molecule has 0 heterocycles. The van der Waals surface area contributed by atoms with E-state index in [9.17, 15) is 14.3 Å². The monoisotopic (exact) mass is 780 g/mol. The molecule has 0 spiro atoms. The largest absolute Gasteiger partial charge is 0.498 e. The van der Waals surface area contributed by atoms with Gasteiger partial charge in [0.25, 0.3) is 0 Å². The molecule has 0 aliphatic rings. The Morgan fingerprint density at radius 3 is 1.52 bits per heavy atom. The standard InChI is InChI=1S/C45H82NO7P/c1-3-5-7-9-11-13-15-17-19-21-22-23-24-26-28-30-32-34-36-38-45(47)53-44(43-52-54(48,49)51-41-39-46)42-50-40-37-35-33-31-29-27-25-20-18-16-14-12-10-8-6-4-2/h11,13,17,19,22-23,26,28,37,40,44H,3-10,12,14-16,18,20-21,24-25,27,29-36,38-39,41-43,46H2,1-2H3,(H,48,49). The maximum atomic E-state index is 12.6. The van der Waals surface area contributed by atoms with Gasteiger partial charge in [-0.1, -0.05) is 165 Å². The van der Waals surface area contributed by atoms with Crippen LogP contribution in [0.2, 0.25) is 0 Å². The molecule has 0 saturated heterocycles. The van der Waals surface area contributed by atoms with Gasteiger partial charge in [0.15, 0.2) is 6.10 Å². The number of nitrogens with two attached hydrogens (primary N) is 1. The SMILES string of the molecule is CCCCCC=CCC=CCC=CCC=CCCCCCC(=O)OC(COC=CCCCCCCCCCCCCCCCC)COP(=O)(O)OCCN. The molecule has 0 amide bonds. The molecule has 9 heteroatoms. The second kappa shape index (κ2) is 42.2. The van der Waals surface area contributed by atoms with Crippen LogP contribution >= 0.6 is 7.82 Å². The van der Waals surface area contributed by atoms with E-state index in [2.05, 4.69) is 62.5 Å². The number of hydrogen-bond donors (Lipinski definition) is 2. The van der Waals surface area contributed by atoms with Crippen LogP contribution in [0.15, 0.2) is 60.9 Å². The Balaban J connectivity index is 4.16. The molecule has 0 saturated carbocycles. The Morgan fingerprint density at radius 1 is 0.574 bits per heavy atom. The van der Waals surface area contributed by atoms with E-state index < -0.39 is 13.9 Å². The van der Waals surface area contributed by atoms with Crippen molar-refractivity contribution < 1.29 is 32.8 Å². The second-order valence-electron chi connectivity index (χ2n) is 14.3. The van der Waals surface area contributed by atoms with Gasteiger partial charge >= 0.3 is 13.8 Å². The summed E-state index contributed by atoms with van der Waals surface area (Å²) in [5.41, 5.74) is 5.36. The predicted octanol–water partition coefficient (Wildman–Crippen LogP) is 13.3. The second-order valence-corrected chi connectivity index (χ2v) is 15.7. The van der Waals surface area contributed by atoms with Crippen molar-refractivity contribution in [3.8, 4) is 0 Å². The topological polar surface area (TPSA) is 117 Å². The molecule has 2 atom stereocenters. The van der Waals surface area contributed by atoms with Gasteiger partial charge in [-0.05, 0) is 70.3 Å². The van der Waals surface area contributed by atoms with Crippen molar-refractivity contribution in [3.05, 3.63) is 60.9 Å². The molecule has 3 N–H and O–H groups in total. The van der Waals surface area contributed by atoms with Crippen LogP contribution in [-0.4, -0.2) is 43.3 Å². The first-order valence-electron chi connectivity index (χ1n) is 21.8. The van der Waals surface area contributed by atoms with Gasteiger partial charge < -0.3 is 20.1 Å². The van der Waals surface area contributed by atoms with E-state index >= 15 is 0 Å². The van der Waals surface area contributed by atoms with Crippen molar-refractivity contribution in [3.63, 3.8) is 0 Å². The number of hydrogen-bond acceptors (Lipinski definition) is 7. The summed E-state index contributed by atoms with van der Waals surface area (Å²) in [6.45, 7) is 4.17. The molecule has 0 radical (unpaired) electrons. The number of esters is 1. The van der Waals surface area contributed by atoms with Crippen molar-refractivity contribution in [1.82, 2.24) is 0 Å². The Hall–Kier alpha value is -1.96. The highest BCUT2D eigenvalue weighted by atomic mass is 31.2. The molecule has 0 bridgehead atoms. The molecule has 0 aromatic rings. The summed E-state index contributed by atoms with van der Waals surface area (Å²) in [7, 11) is -4.30. The Labute approximate surface area is 332 Å². The van der Waals surface area contributed by atoms with Gasteiger partial charge in [-0.25, -0.2) is 4.57 Å². The van der Waals surface area contributed by atoms with E-state index in [1.54, 1.807) is 6.26 Å². The van der Waals surface area contributed by atoms with Crippen molar-refractivity contribution in [2.45, 2.75) is 193 Å². The number of carbonyl (C=O) groups excluding carboxylic acids is 1. The average Bonchev–Trinajstić information content (AvgIpc) is 3.16. The van der Waals surface area contributed by atoms with E-state index in [1.807, 2.05) is 6.08 Å². The summed E-state index contributed by atoms with van der Waals surface area (Å²) in [5, 5.41) is 0. The van der Waals surface area contributed by atoms with Crippen LogP contribution in [-0.2, 0) is 27.9 Å². The van der Waals surface area contributed by atoms with Crippen molar-refractivity contribution in [2.75, 3.05) is 26.4 Å². The third-order valence-corrected chi connectivity index (χ3v) is 9.99. The Bertz CT molecular complexity index is 1010. The molecule has 0 aliphatic heterocycles. The Kier molecular flexibility index (Phi) is 40.7. The number of unbranched alkanes of at least 4 members (excludes halogenated alkanes) is 20. The van der Waals surface area contributed by atoms with Gasteiger partial charge in [0.1, 0.15) is 6.61 Å². The van der Waals surface area contributed by atoms with Crippen LogP contribution in [0.4, 0.5) is 0 Å². The van der Waals surface area contributed by atoms with Crippen LogP contribution in [0, 0.1) is 0 Å². The van der Waals surface area contributed by atoms with Crippen molar-refractivity contribution >= 4 is 13.8 Å². The average molecular weight is 780 g/mol. The van der Waals surface area contributed by atoms with Crippen LogP contribution in [0.1, 0.15) is 187 Å². The number of rotatable bonds is 41. The lowest BCUT2D eigenvalue weighted by Gasteiger charge is -2.19. The summed E-state index contributed by atoms with van der Waals surface area (Å²) in [5.74, 6) is -0.382. The van der Waals surface area contributed by atoms with Gasteiger partial charge in [0, 0.05) is 13.0 Å². The third-order valence-electron chi connectivity index (χ3n) is 9.00. The molecule has 54 heavy (non-hydrogen) atoms. The summed E-state index contributed by atoms with van der Waals surface area (Å²) in [4.78, 5) is 22.4. The number of carbonyl (C=O) groups is 1. The molecule has 0 rings (SSSR count).